The number of nitrogens with zero attached hydrogens (tertiary/aromatic N) is 1. The van der Waals surface area contributed by atoms with Crippen LogP contribution in [0.2, 0.25) is 0 Å². The molecule has 25 heavy (non-hydrogen) atoms. The summed E-state index contributed by atoms with van der Waals surface area (Å²) in [5.74, 6) is 0.722. The Hall–Kier alpha value is -2.52. The number of nitrogens with one attached hydrogen (secondary N) is 2. The van der Waals surface area contributed by atoms with Crippen LogP contribution in [0.15, 0.2) is 35.4 Å². The summed E-state index contributed by atoms with van der Waals surface area (Å²) in [5, 5.41) is 2.70. The quantitative estimate of drug-likeness (QED) is 0.816. The summed E-state index contributed by atoms with van der Waals surface area (Å²) in [5.41, 5.74) is 0.681. The summed E-state index contributed by atoms with van der Waals surface area (Å²) < 4.78 is 36.7. The number of carbonyl (C=O) groups excluding carboxylic acids is 1. The average Bonchev–Trinajstić information content (AvgIpc) is 3.25. The molecule has 1 aromatic carbocycles. The van der Waals surface area contributed by atoms with Crippen molar-refractivity contribution in [2.24, 2.45) is 0 Å². The lowest BCUT2D eigenvalue weighted by molar-refractivity contribution is 0.102. The Balaban J connectivity index is 1.77. The molecule has 2 heterocycles. The van der Waals surface area contributed by atoms with Crippen molar-refractivity contribution < 1.29 is 22.7 Å². The fourth-order valence-electron chi connectivity index (χ4n) is 2.54. The first-order valence-electron chi connectivity index (χ1n) is 7.85. The van der Waals surface area contributed by atoms with Gasteiger partial charge in [0.1, 0.15) is 10.6 Å². The number of ether oxygens (including phenoxy) is 2. The minimum absolute atomic E-state index is 0.0621. The van der Waals surface area contributed by atoms with Crippen LogP contribution in [0.3, 0.4) is 0 Å². The van der Waals surface area contributed by atoms with Gasteiger partial charge in [-0.3, -0.25) is 4.79 Å². The maximum Gasteiger partial charge on any atom is 0.272 e. The van der Waals surface area contributed by atoms with Crippen molar-refractivity contribution >= 4 is 21.6 Å². The zero-order valence-electron chi connectivity index (χ0n) is 13.9. The Morgan fingerprint density at radius 3 is 2.64 bits per heavy atom. The predicted molar refractivity (Wildman–Crippen MR) is 91.4 cm³/mol. The van der Waals surface area contributed by atoms with Crippen LogP contribution < -0.4 is 14.8 Å². The van der Waals surface area contributed by atoms with Gasteiger partial charge in [-0.05, 0) is 18.2 Å². The highest BCUT2D eigenvalue weighted by Gasteiger charge is 2.24. The molecule has 3 rings (SSSR count). The molecule has 0 radical (unpaired) electrons. The number of fused-ring (bicyclic) bond motifs is 1. The molecule has 0 fully saturated rings. The Kier molecular flexibility index (Phi) is 4.69. The molecule has 0 bridgehead atoms. The molecule has 1 aromatic heterocycles. The maximum absolute atomic E-state index is 12.5. The van der Waals surface area contributed by atoms with E-state index in [1.54, 1.807) is 32.0 Å². The number of carbonyl (C=O) groups is 1. The monoisotopic (exact) mass is 365 g/mol. The summed E-state index contributed by atoms with van der Waals surface area (Å²) in [6.45, 7) is 4.41. The van der Waals surface area contributed by atoms with Gasteiger partial charge in [-0.25, -0.2) is 8.42 Å². The third-order valence-corrected chi connectivity index (χ3v) is 5.90. The highest BCUT2D eigenvalue weighted by atomic mass is 32.2. The Labute approximate surface area is 145 Å². The van der Waals surface area contributed by atoms with E-state index in [9.17, 15) is 13.2 Å². The van der Waals surface area contributed by atoms with Crippen molar-refractivity contribution in [1.29, 1.82) is 0 Å². The number of benzene rings is 1. The van der Waals surface area contributed by atoms with Gasteiger partial charge in [0.2, 0.25) is 16.8 Å². The molecule has 9 heteroatoms. The van der Waals surface area contributed by atoms with Crippen LogP contribution in [0.25, 0.3) is 0 Å². The highest BCUT2D eigenvalue weighted by Crippen LogP contribution is 2.34. The number of anilines is 1. The lowest BCUT2D eigenvalue weighted by atomic mass is 10.2. The van der Waals surface area contributed by atoms with Gasteiger partial charge in [0, 0.05) is 31.0 Å². The molecule has 1 aliphatic heterocycles. The van der Waals surface area contributed by atoms with Gasteiger partial charge in [0.05, 0.1) is 0 Å². The zero-order valence-corrected chi connectivity index (χ0v) is 14.7. The molecular weight excluding hydrogens is 346 g/mol. The van der Waals surface area contributed by atoms with E-state index >= 15 is 0 Å². The average molecular weight is 365 g/mol. The first-order valence-corrected chi connectivity index (χ1v) is 9.29. The number of aromatic amines is 1. The Morgan fingerprint density at radius 1 is 1.20 bits per heavy atom. The van der Waals surface area contributed by atoms with Crippen LogP contribution in [-0.4, -0.2) is 43.5 Å². The van der Waals surface area contributed by atoms with Gasteiger partial charge >= 0.3 is 0 Å². The number of amides is 1. The van der Waals surface area contributed by atoms with E-state index < -0.39 is 15.9 Å². The number of hydrogen-bond donors (Lipinski definition) is 2. The van der Waals surface area contributed by atoms with E-state index in [0.717, 1.165) is 0 Å². The second kappa shape index (κ2) is 6.77. The Bertz CT molecular complexity index is 887. The van der Waals surface area contributed by atoms with Crippen LogP contribution in [0.4, 0.5) is 5.69 Å². The molecule has 2 aromatic rings. The lowest BCUT2D eigenvalue weighted by Crippen LogP contribution is -2.30. The number of sulfonamides is 1. The fraction of sp³-hybridized carbons (Fsp3) is 0.312. The van der Waals surface area contributed by atoms with Crippen LogP contribution in [0.1, 0.15) is 24.3 Å². The predicted octanol–water partition coefficient (Wildman–Crippen LogP) is 2.03. The first kappa shape index (κ1) is 17.3. The molecule has 0 saturated carbocycles. The van der Waals surface area contributed by atoms with Crippen LogP contribution in [0, 0.1) is 0 Å². The summed E-state index contributed by atoms with van der Waals surface area (Å²) in [4.78, 5) is 15.1. The second-order valence-electron chi connectivity index (χ2n) is 5.36. The minimum Gasteiger partial charge on any atom is -0.454 e. The van der Waals surface area contributed by atoms with Crippen LogP contribution in [0.5, 0.6) is 11.5 Å². The topological polar surface area (TPSA) is 101 Å². The first-order chi connectivity index (χ1) is 12.0. The summed E-state index contributed by atoms with van der Waals surface area (Å²) in [6.07, 6.45) is 1.32. The second-order valence-corrected chi connectivity index (χ2v) is 7.30. The SMILES string of the molecule is CCN(CC)S(=O)(=O)c1c[nH]c(C(=O)Nc2ccc3c(c2)OCO3)c1. The molecule has 2 N–H and O–H groups in total. The molecule has 0 atom stereocenters. The molecule has 0 unspecified atom stereocenters. The number of aromatic nitrogens is 1. The van der Waals surface area contributed by atoms with Gasteiger partial charge in [0.15, 0.2) is 11.5 Å². The standard InChI is InChI=1S/C16H19N3O5S/c1-3-19(4-2)25(21,22)12-8-13(17-9-12)16(20)18-11-5-6-14-15(7-11)24-10-23-14/h5-9,17H,3-4,10H2,1-2H3,(H,18,20). The largest absolute Gasteiger partial charge is 0.454 e. The highest BCUT2D eigenvalue weighted by molar-refractivity contribution is 7.89. The molecule has 1 aliphatic rings. The van der Waals surface area contributed by atoms with E-state index in [1.807, 2.05) is 0 Å². The summed E-state index contributed by atoms with van der Waals surface area (Å²) in [7, 11) is -3.61. The molecule has 0 saturated heterocycles. The smallest absolute Gasteiger partial charge is 0.272 e. The van der Waals surface area contributed by atoms with Crippen molar-refractivity contribution in [2.75, 3.05) is 25.2 Å². The molecule has 1 amide bonds. The molecule has 134 valence electrons. The minimum atomic E-state index is -3.61. The van der Waals surface area contributed by atoms with Gasteiger partial charge in [0.25, 0.3) is 5.91 Å². The van der Waals surface area contributed by atoms with E-state index in [1.165, 1.54) is 16.6 Å². The third-order valence-electron chi connectivity index (χ3n) is 3.87. The van der Waals surface area contributed by atoms with Crippen molar-refractivity contribution in [2.45, 2.75) is 18.7 Å². The van der Waals surface area contributed by atoms with Crippen molar-refractivity contribution in [3.63, 3.8) is 0 Å². The number of hydrogen-bond acceptors (Lipinski definition) is 5. The van der Waals surface area contributed by atoms with Gasteiger partial charge in [-0.15, -0.1) is 0 Å². The number of H-pyrrole nitrogens is 1. The third kappa shape index (κ3) is 3.33. The fourth-order valence-corrected chi connectivity index (χ4v) is 3.99. The maximum atomic E-state index is 12.5. The van der Waals surface area contributed by atoms with Crippen molar-refractivity contribution in [3.05, 3.63) is 36.2 Å². The zero-order chi connectivity index (χ0) is 18.0. The summed E-state index contributed by atoms with van der Waals surface area (Å²) in [6, 6.07) is 6.36. The van der Waals surface area contributed by atoms with E-state index in [-0.39, 0.29) is 17.4 Å². The van der Waals surface area contributed by atoms with Crippen molar-refractivity contribution in [1.82, 2.24) is 9.29 Å². The molecular formula is C16H19N3O5S. The van der Waals surface area contributed by atoms with E-state index in [4.69, 9.17) is 9.47 Å². The van der Waals surface area contributed by atoms with Crippen molar-refractivity contribution in [3.8, 4) is 11.5 Å². The number of rotatable bonds is 6. The molecule has 0 aliphatic carbocycles. The lowest BCUT2D eigenvalue weighted by Gasteiger charge is -2.16. The normalized spacial score (nSPS) is 13.2. The van der Waals surface area contributed by atoms with E-state index in [2.05, 4.69) is 10.3 Å². The van der Waals surface area contributed by atoms with E-state index in [0.29, 0.717) is 30.3 Å². The van der Waals surface area contributed by atoms with Gasteiger partial charge in [-0.2, -0.15) is 4.31 Å². The van der Waals surface area contributed by atoms with Crippen LogP contribution in [-0.2, 0) is 10.0 Å². The van der Waals surface area contributed by atoms with Crippen LogP contribution >= 0.6 is 0 Å². The van der Waals surface area contributed by atoms with Gasteiger partial charge < -0.3 is 19.8 Å². The molecule has 0 spiro atoms. The van der Waals surface area contributed by atoms with Gasteiger partial charge in [-0.1, -0.05) is 13.8 Å². The summed E-state index contributed by atoms with van der Waals surface area (Å²) >= 11 is 0. The Morgan fingerprint density at radius 2 is 1.92 bits per heavy atom. The molecule has 8 nitrogen and oxygen atoms in total.